The molecule has 1 aliphatic rings. The molecular weight excluding hydrogens is 266 g/mol. The van der Waals surface area contributed by atoms with Crippen LogP contribution in [0.25, 0.3) is 0 Å². The van der Waals surface area contributed by atoms with Crippen molar-refractivity contribution < 1.29 is 4.48 Å². The lowest BCUT2D eigenvalue weighted by molar-refractivity contribution is -0.917. The summed E-state index contributed by atoms with van der Waals surface area (Å²) < 4.78 is 1.47. The van der Waals surface area contributed by atoms with Gasteiger partial charge in [0.1, 0.15) is 0 Å². The molecule has 0 amide bonds. The molecule has 1 heterocycles. The Balaban J connectivity index is 1.85. The number of hydrogen-bond donors (Lipinski definition) is 0. The minimum absolute atomic E-state index is 1.37. The minimum atomic E-state index is 1.37. The van der Waals surface area contributed by atoms with Gasteiger partial charge in [0, 0.05) is 12.8 Å². The van der Waals surface area contributed by atoms with Crippen molar-refractivity contribution in [3.8, 4) is 0 Å². The largest absolute Gasteiger partial charge is 0.324 e. The lowest BCUT2D eigenvalue weighted by atomic mass is 10.1. The smallest absolute Gasteiger partial charge is 0.0788 e. The summed E-state index contributed by atoms with van der Waals surface area (Å²) in [4.78, 5) is 0. The molecule has 0 radical (unpaired) electrons. The quantitative estimate of drug-likeness (QED) is 0.233. The van der Waals surface area contributed by atoms with Gasteiger partial charge in [0.25, 0.3) is 0 Å². The average Bonchev–Trinajstić information content (AvgIpc) is 2.97. The molecule has 1 rings (SSSR count). The maximum Gasteiger partial charge on any atom is 0.0788 e. The Morgan fingerprint density at radius 3 is 1.41 bits per heavy atom. The second-order valence-electron chi connectivity index (χ2n) is 7.83. The molecule has 0 aromatic heterocycles. The zero-order chi connectivity index (χ0) is 15.9. The highest BCUT2D eigenvalue weighted by Crippen LogP contribution is 2.22. The van der Waals surface area contributed by atoms with Crippen molar-refractivity contribution in [3.05, 3.63) is 0 Å². The Morgan fingerprint density at radius 2 is 0.955 bits per heavy atom. The van der Waals surface area contributed by atoms with E-state index >= 15 is 0 Å². The van der Waals surface area contributed by atoms with Crippen LogP contribution in [-0.4, -0.2) is 30.7 Å². The number of likely N-dealkylation sites (tertiary alicyclic amines) is 1. The van der Waals surface area contributed by atoms with Gasteiger partial charge in [0.05, 0.1) is 26.2 Å². The summed E-state index contributed by atoms with van der Waals surface area (Å²) >= 11 is 0. The molecule has 0 N–H and O–H groups in total. The Morgan fingerprint density at radius 1 is 0.500 bits per heavy atom. The van der Waals surface area contributed by atoms with E-state index in [1.807, 2.05) is 0 Å². The maximum atomic E-state index is 2.36. The molecule has 0 atom stereocenters. The molecule has 0 saturated carbocycles. The van der Waals surface area contributed by atoms with Crippen molar-refractivity contribution in [2.45, 2.75) is 110 Å². The molecule has 0 bridgehead atoms. The minimum Gasteiger partial charge on any atom is -0.324 e. The second kappa shape index (κ2) is 13.4. The van der Waals surface area contributed by atoms with Gasteiger partial charge in [0.15, 0.2) is 0 Å². The number of unbranched alkanes of at least 4 members (excludes halogenated alkanes) is 11. The van der Waals surface area contributed by atoms with E-state index in [1.165, 1.54) is 127 Å². The van der Waals surface area contributed by atoms with Crippen LogP contribution in [0, 0.1) is 0 Å². The number of rotatable bonds is 15. The van der Waals surface area contributed by atoms with Crippen molar-refractivity contribution in [1.29, 1.82) is 0 Å². The van der Waals surface area contributed by atoms with Crippen LogP contribution in [0.2, 0.25) is 0 Å². The van der Waals surface area contributed by atoms with E-state index in [1.54, 1.807) is 0 Å². The molecule has 1 nitrogen and oxygen atoms in total. The molecule has 0 aromatic rings. The molecule has 0 spiro atoms. The summed E-state index contributed by atoms with van der Waals surface area (Å²) in [6.07, 6.45) is 22.0. The van der Waals surface area contributed by atoms with Gasteiger partial charge >= 0.3 is 0 Å². The molecular formula is C21H44N+. The van der Waals surface area contributed by atoms with E-state index in [0.29, 0.717) is 0 Å². The normalized spacial score (nSPS) is 17.2. The predicted octanol–water partition coefficient (Wildman–Crippen LogP) is 6.71. The van der Waals surface area contributed by atoms with Gasteiger partial charge in [-0.05, 0) is 19.3 Å². The predicted molar refractivity (Wildman–Crippen MR) is 100 cm³/mol. The van der Waals surface area contributed by atoms with Crippen LogP contribution in [0.4, 0.5) is 0 Å². The summed E-state index contributed by atoms with van der Waals surface area (Å²) in [6.45, 7) is 10.5. The fraction of sp³-hybridized carbons (Fsp3) is 1.00. The first kappa shape index (κ1) is 20.0. The van der Waals surface area contributed by atoms with E-state index in [-0.39, 0.29) is 0 Å². The van der Waals surface area contributed by atoms with Crippen LogP contribution in [0.15, 0.2) is 0 Å². The zero-order valence-corrected chi connectivity index (χ0v) is 15.9. The van der Waals surface area contributed by atoms with E-state index < -0.39 is 0 Å². The molecule has 1 saturated heterocycles. The second-order valence-corrected chi connectivity index (χ2v) is 7.83. The van der Waals surface area contributed by atoms with Crippen LogP contribution in [0.5, 0.6) is 0 Å². The third-order valence-electron chi connectivity index (χ3n) is 5.70. The van der Waals surface area contributed by atoms with Gasteiger partial charge in [-0.1, -0.05) is 78.1 Å². The van der Waals surface area contributed by atoms with Crippen LogP contribution in [0.1, 0.15) is 110 Å². The molecule has 1 heteroatoms. The summed E-state index contributed by atoms with van der Waals surface area (Å²) in [5.41, 5.74) is 0. The third-order valence-corrected chi connectivity index (χ3v) is 5.70. The van der Waals surface area contributed by atoms with Gasteiger partial charge in [-0.2, -0.15) is 0 Å². The summed E-state index contributed by atoms with van der Waals surface area (Å²) in [6, 6.07) is 0. The molecule has 1 aliphatic heterocycles. The van der Waals surface area contributed by atoms with Crippen molar-refractivity contribution in [2.75, 3.05) is 26.2 Å². The SMILES string of the molecule is CCCCCCCCCCCCCC[N+]1(CCC)CCCC1. The van der Waals surface area contributed by atoms with Crippen molar-refractivity contribution >= 4 is 0 Å². The maximum absolute atomic E-state index is 2.36. The first-order valence-electron chi connectivity index (χ1n) is 10.7. The molecule has 22 heavy (non-hydrogen) atoms. The lowest BCUT2D eigenvalue weighted by Gasteiger charge is -2.34. The van der Waals surface area contributed by atoms with Crippen LogP contribution in [0.3, 0.4) is 0 Å². The van der Waals surface area contributed by atoms with Crippen LogP contribution < -0.4 is 0 Å². The van der Waals surface area contributed by atoms with Gasteiger partial charge < -0.3 is 4.48 Å². The molecule has 0 aromatic carbocycles. The monoisotopic (exact) mass is 310 g/mol. The van der Waals surface area contributed by atoms with E-state index in [2.05, 4.69) is 13.8 Å². The zero-order valence-electron chi connectivity index (χ0n) is 15.9. The van der Waals surface area contributed by atoms with Crippen molar-refractivity contribution in [1.82, 2.24) is 0 Å². The lowest BCUT2D eigenvalue weighted by Crippen LogP contribution is -2.46. The number of nitrogens with zero attached hydrogens (tertiary/aromatic N) is 1. The number of quaternary nitrogens is 1. The van der Waals surface area contributed by atoms with Gasteiger partial charge in [-0.25, -0.2) is 0 Å². The summed E-state index contributed by atoms with van der Waals surface area (Å²) in [5, 5.41) is 0. The molecule has 132 valence electrons. The highest BCUT2D eigenvalue weighted by Gasteiger charge is 2.29. The third kappa shape index (κ3) is 9.18. The fourth-order valence-corrected chi connectivity index (χ4v) is 4.33. The van der Waals surface area contributed by atoms with E-state index in [4.69, 9.17) is 0 Å². The van der Waals surface area contributed by atoms with Gasteiger partial charge in [0.2, 0.25) is 0 Å². The van der Waals surface area contributed by atoms with Gasteiger partial charge in [-0.15, -0.1) is 0 Å². The van der Waals surface area contributed by atoms with Crippen molar-refractivity contribution in [2.24, 2.45) is 0 Å². The van der Waals surface area contributed by atoms with E-state index in [9.17, 15) is 0 Å². The highest BCUT2D eigenvalue weighted by atomic mass is 15.4. The Labute approximate surface area is 141 Å². The summed E-state index contributed by atoms with van der Waals surface area (Å²) in [7, 11) is 0. The summed E-state index contributed by atoms with van der Waals surface area (Å²) in [5.74, 6) is 0. The highest BCUT2D eigenvalue weighted by molar-refractivity contribution is 4.56. The topological polar surface area (TPSA) is 0 Å². The van der Waals surface area contributed by atoms with Crippen LogP contribution in [-0.2, 0) is 0 Å². The van der Waals surface area contributed by atoms with Gasteiger partial charge in [-0.3, -0.25) is 0 Å². The van der Waals surface area contributed by atoms with Crippen molar-refractivity contribution in [3.63, 3.8) is 0 Å². The fourth-order valence-electron chi connectivity index (χ4n) is 4.33. The number of hydrogen-bond acceptors (Lipinski definition) is 0. The molecule has 1 fully saturated rings. The Hall–Kier alpha value is -0.0400. The average molecular weight is 311 g/mol. The first-order valence-corrected chi connectivity index (χ1v) is 10.7. The van der Waals surface area contributed by atoms with Crippen LogP contribution >= 0.6 is 0 Å². The van der Waals surface area contributed by atoms with E-state index in [0.717, 1.165) is 0 Å². The standard InChI is InChI=1S/C21H44N/c1-3-5-6-7-8-9-10-11-12-13-14-15-19-22(18-4-2)20-16-17-21-22/h3-21H2,1-2H3/q+1. The Kier molecular flexibility index (Phi) is 12.2. The first-order chi connectivity index (χ1) is 10.8. The molecule has 0 unspecified atom stereocenters. The Bertz CT molecular complexity index is 230. The molecule has 0 aliphatic carbocycles.